The van der Waals surface area contributed by atoms with E-state index in [1.807, 2.05) is 6.92 Å². The maximum atomic E-state index is 10.3. The molecular formula is C7H13NO4. The van der Waals surface area contributed by atoms with Crippen LogP contribution in [0.5, 0.6) is 0 Å². The number of carbonyl (C=O) groups is 1. The van der Waals surface area contributed by atoms with E-state index >= 15 is 0 Å². The predicted molar refractivity (Wildman–Crippen MR) is 40.4 cm³/mol. The zero-order valence-electron chi connectivity index (χ0n) is 7.04. The molecular weight excluding hydrogens is 162 g/mol. The lowest BCUT2D eigenvalue weighted by molar-refractivity contribution is -0.169. The van der Waals surface area contributed by atoms with Crippen LogP contribution in [0, 0.1) is 5.41 Å². The molecule has 1 rings (SSSR count). The zero-order valence-corrected chi connectivity index (χ0v) is 7.04. The molecule has 0 aliphatic carbocycles. The van der Waals surface area contributed by atoms with Gasteiger partial charge < -0.3 is 19.9 Å². The van der Waals surface area contributed by atoms with Gasteiger partial charge in [-0.25, -0.2) is 4.79 Å². The fourth-order valence-electron chi connectivity index (χ4n) is 1.01. The van der Waals surface area contributed by atoms with Gasteiger partial charge in [0.15, 0.2) is 0 Å². The van der Waals surface area contributed by atoms with Crippen molar-refractivity contribution in [2.45, 2.75) is 6.92 Å². The van der Waals surface area contributed by atoms with Gasteiger partial charge in [0.1, 0.15) is 13.4 Å². The van der Waals surface area contributed by atoms with Crippen LogP contribution in [0.25, 0.3) is 0 Å². The summed E-state index contributed by atoms with van der Waals surface area (Å²) in [4.78, 5) is 10.3. The van der Waals surface area contributed by atoms with Gasteiger partial charge in [-0.1, -0.05) is 6.92 Å². The molecule has 0 radical (unpaired) electrons. The first kappa shape index (κ1) is 9.28. The molecule has 1 aliphatic rings. The summed E-state index contributed by atoms with van der Waals surface area (Å²) < 4.78 is 14.8. The monoisotopic (exact) mass is 175 g/mol. The average molecular weight is 175 g/mol. The Morgan fingerprint density at radius 3 is 2.67 bits per heavy atom. The number of nitrogens with two attached hydrogens (primary N) is 1. The van der Waals surface area contributed by atoms with Gasteiger partial charge in [-0.3, -0.25) is 0 Å². The minimum Gasteiger partial charge on any atom is -0.449 e. The Morgan fingerprint density at radius 1 is 1.58 bits per heavy atom. The number of carbonyl (C=O) groups excluding carboxylic acids is 1. The van der Waals surface area contributed by atoms with Crippen LogP contribution in [0.2, 0.25) is 0 Å². The van der Waals surface area contributed by atoms with Crippen molar-refractivity contribution in [1.29, 1.82) is 0 Å². The molecule has 5 heteroatoms. The highest BCUT2D eigenvalue weighted by Crippen LogP contribution is 2.21. The normalized spacial score (nSPS) is 21.8. The molecule has 2 N–H and O–H groups in total. The highest BCUT2D eigenvalue weighted by Gasteiger charge is 2.29. The second-order valence-corrected chi connectivity index (χ2v) is 3.23. The Bertz CT molecular complexity index is 165. The van der Waals surface area contributed by atoms with E-state index in [0.29, 0.717) is 20.0 Å². The van der Waals surface area contributed by atoms with Crippen LogP contribution >= 0.6 is 0 Å². The lowest BCUT2D eigenvalue weighted by atomic mass is 9.94. The summed E-state index contributed by atoms with van der Waals surface area (Å²) in [5, 5.41) is 0. The smallest absolute Gasteiger partial charge is 0.404 e. The Hall–Kier alpha value is -0.810. The summed E-state index contributed by atoms with van der Waals surface area (Å²) in [7, 11) is 0. The van der Waals surface area contributed by atoms with Crippen molar-refractivity contribution >= 4 is 6.09 Å². The molecule has 0 atom stereocenters. The Kier molecular flexibility index (Phi) is 2.88. The summed E-state index contributed by atoms with van der Waals surface area (Å²) in [6.45, 7) is 3.52. The summed E-state index contributed by atoms with van der Waals surface area (Å²) in [5.74, 6) is 0. The highest BCUT2D eigenvalue weighted by molar-refractivity contribution is 5.64. The fraction of sp³-hybridized carbons (Fsp3) is 0.857. The molecule has 0 aromatic carbocycles. The van der Waals surface area contributed by atoms with E-state index < -0.39 is 6.09 Å². The number of amides is 1. The van der Waals surface area contributed by atoms with Gasteiger partial charge in [-0.05, 0) is 0 Å². The third-order valence-electron chi connectivity index (χ3n) is 1.63. The lowest BCUT2D eigenvalue weighted by Gasteiger charge is -2.31. The van der Waals surface area contributed by atoms with Crippen molar-refractivity contribution in [1.82, 2.24) is 0 Å². The van der Waals surface area contributed by atoms with E-state index in [4.69, 9.17) is 15.2 Å². The molecule has 12 heavy (non-hydrogen) atoms. The van der Waals surface area contributed by atoms with Gasteiger partial charge in [0, 0.05) is 5.41 Å². The number of hydrogen-bond acceptors (Lipinski definition) is 4. The van der Waals surface area contributed by atoms with Crippen LogP contribution in [0.4, 0.5) is 4.79 Å². The minimum absolute atomic E-state index is 0.238. The van der Waals surface area contributed by atoms with Crippen molar-refractivity contribution < 1.29 is 19.0 Å². The molecule has 1 amide bonds. The summed E-state index contributed by atoms with van der Waals surface area (Å²) in [6, 6.07) is 0. The van der Waals surface area contributed by atoms with Crippen LogP contribution in [0.3, 0.4) is 0 Å². The van der Waals surface area contributed by atoms with Crippen molar-refractivity contribution in [2.24, 2.45) is 11.1 Å². The van der Waals surface area contributed by atoms with E-state index in [2.05, 4.69) is 4.74 Å². The predicted octanol–water partition coefficient (Wildman–Crippen LogP) is 0.0923. The van der Waals surface area contributed by atoms with E-state index in [0.717, 1.165) is 0 Å². The molecule has 1 fully saturated rings. The Labute approximate surface area is 70.8 Å². The molecule has 0 spiro atoms. The van der Waals surface area contributed by atoms with Crippen molar-refractivity contribution in [2.75, 3.05) is 26.6 Å². The number of hydrogen-bond donors (Lipinski definition) is 1. The Morgan fingerprint density at radius 2 is 2.17 bits per heavy atom. The van der Waals surface area contributed by atoms with Crippen LogP contribution in [0.1, 0.15) is 6.92 Å². The van der Waals surface area contributed by atoms with E-state index in [9.17, 15) is 4.79 Å². The Balaban J connectivity index is 2.31. The number of rotatable bonds is 2. The fourth-order valence-corrected chi connectivity index (χ4v) is 1.01. The van der Waals surface area contributed by atoms with E-state index in [1.165, 1.54) is 0 Å². The average Bonchev–Trinajstić information content (AvgIpc) is 2.03. The minimum atomic E-state index is -0.762. The van der Waals surface area contributed by atoms with Gasteiger partial charge in [-0.15, -0.1) is 0 Å². The third-order valence-corrected chi connectivity index (χ3v) is 1.63. The second kappa shape index (κ2) is 3.73. The maximum Gasteiger partial charge on any atom is 0.404 e. The first-order valence-electron chi connectivity index (χ1n) is 3.70. The highest BCUT2D eigenvalue weighted by atomic mass is 16.7. The molecule has 0 aromatic rings. The first-order chi connectivity index (χ1) is 5.62. The van der Waals surface area contributed by atoms with Crippen LogP contribution in [0.15, 0.2) is 0 Å². The van der Waals surface area contributed by atoms with E-state index in [-0.39, 0.29) is 12.0 Å². The zero-order chi connectivity index (χ0) is 9.03. The van der Waals surface area contributed by atoms with Gasteiger partial charge in [0.2, 0.25) is 0 Å². The molecule has 70 valence electrons. The summed E-state index contributed by atoms with van der Waals surface area (Å²) in [6.07, 6.45) is -0.762. The van der Waals surface area contributed by atoms with Crippen LogP contribution < -0.4 is 5.73 Å². The first-order valence-corrected chi connectivity index (χ1v) is 3.70. The van der Waals surface area contributed by atoms with Crippen molar-refractivity contribution in [3.8, 4) is 0 Å². The quantitative estimate of drug-likeness (QED) is 0.645. The topological polar surface area (TPSA) is 70.8 Å². The summed E-state index contributed by atoms with van der Waals surface area (Å²) >= 11 is 0. The molecule has 1 aliphatic heterocycles. The van der Waals surface area contributed by atoms with Crippen molar-refractivity contribution in [3.63, 3.8) is 0 Å². The maximum absolute atomic E-state index is 10.3. The van der Waals surface area contributed by atoms with E-state index in [1.54, 1.807) is 0 Å². The summed E-state index contributed by atoms with van der Waals surface area (Å²) in [5.41, 5.74) is 4.57. The lowest BCUT2D eigenvalue weighted by Crippen LogP contribution is -2.39. The van der Waals surface area contributed by atoms with Gasteiger partial charge in [0.25, 0.3) is 0 Å². The van der Waals surface area contributed by atoms with Crippen molar-refractivity contribution in [3.05, 3.63) is 0 Å². The van der Waals surface area contributed by atoms with Crippen LogP contribution in [-0.2, 0) is 14.2 Å². The number of primary amides is 1. The molecule has 0 bridgehead atoms. The van der Waals surface area contributed by atoms with Gasteiger partial charge in [0.05, 0.1) is 13.2 Å². The molecule has 0 unspecified atom stereocenters. The number of ether oxygens (including phenoxy) is 3. The largest absolute Gasteiger partial charge is 0.449 e. The SMILES string of the molecule is CC1(COC(N)=O)COCOC1. The third kappa shape index (κ3) is 2.67. The van der Waals surface area contributed by atoms with Gasteiger partial charge >= 0.3 is 6.09 Å². The molecule has 0 aromatic heterocycles. The van der Waals surface area contributed by atoms with Gasteiger partial charge in [-0.2, -0.15) is 0 Å². The second-order valence-electron chi connectivity index (χ2n) is 3.23. The molecule has 1 heterocycles. The van der Waals surface area contributed by atoms with Crippen LogP contribution in [-0.4, -0.2) is 32.7 Å². The standard InChI is InChI=1S/C7H13NO4/c1-7(4-12-6(8)9)2-10-5-11-3-7/h2-5H2,1H3,(H2,8,9). The molecule has 0 saturated carbocycles. The molecule has 1 saturated heterocycles. The molecule has 5 nitrogen and oxygen atoms in total.